The summed E-state index contributed by atoms with van der Waals surface area (Å²) in [5.74, 6) is 0.173. The minimum absolute atomic E-state index is 0.0919. The summed E-state index contributed by atoms with van der Waals surface area (Å²) in [4.78, 5) is 10.6. The SMILES string of the molecule is NC(=O)COc1ccc(CNN2CCOCC2)cc1. The lowest BCUT2D eigenvalue weighted by molar-refractivity contribution is -0.119. The first-order chi connectivity index (χ1) is 9.24. The van der Waals surface area contributed by atoms with Crippen LogP contribution in [-0.4, -0.2) is 43.8 Å². The predicted molar refractivity (Wildman–Crippen MR) is 70.4 cm³/mol. The van der Waals surface area contributed by atoms with Gasteiger partial charge >= 0.3 is 0 Å². The first kappa shape index (κ1) is 13.8. The van der Waals surface area contributed by atoms with Crippen LogP contribution in [0.3, 0.4) is 0 Å². The molecule has 0 spiro atoms. The van der Waals surface area contributed by atoms with Crippen LogP contribution >= 0.6 is 0 Å². The molecule has 0 aliphatic carbocycles. The Morgan fingerprint density at radius 3 is 2.63 bits per heavy atom. The van der Waals surface area contributed by atoms with E-state index in [1.807, 2.05) is 24.3 Å². The molecule has 1 aliphatic rings. The van der Waals surface area contributed by atoms with Gasteiger partial charge < -0.3 is 15.2 Å². The van der Waals surface area contributed by atoms with Crippen LogP contribution in [0.4, 0.5) is 0 Å². The highest BCUT2D eigenvalue weighted by atomic mass is 16.5. The van der Waals surface area contributed by atoms with Gasteiger partial charge in [0.1, 0.15) is 5.75 Å². The average Bonchev–Trinajstić information content (AvgIpc) is 2.45. The summed E-state index contributed by atoms with van der Waals surface area (Å²) in [5, 5.41) is 2.15. The molecule has 0 radical (unpaired) electrons. The number of amides is 1. The second-order valence-corrected chi connectivity index (χ2v) is 4.33. The number of nitrogens with two attached hydrogens (primary N) is 1. The highest BCUT2D eigenvalue weighted by Gasteiger charge is 2.09. The quantitative estimate of drug-likeness (QED) is 0.750. The van der Waals surface area contributed by atoms with E-state index in [4.69, 9.17) is 15.2 Å². The van der Waals surface area contributed by atoms with Gasteiger partial charge in [-0.2, -0.15) is 0 Å². The number of hydrogen-bond acceptors (Lipinski definition) is 5. The zero-order valence-corrected chi connectivity index (χ0v) is 10.8. The Balaban J connectivity index is 1.76. The third-order valence-corrected chi connectivity index (χ3v) is 2.82. The Morgan fingerprint density at radius 1 is 1.32 bits per heavy atom. The Labute approximate surface area is 112 Å². The van der Waals surface area contributed by atoms with Crippen LogP contribution in [0.2, 0.25) is 0 Å². The molecular formula is C13H19N3O3. The van der Waals surface area contributed by atoms with E-state index < -0.39 is 5.91 Å². The van der Waals surface area contributed by atoms with Crippen molar-refractivity contribution in [3.8, 4) is 5.75 Å². The standard InChI is InChI=1S/C13H19N3O3/c14-13(17)10-19-12-3-1-11(2-4-12)9-15-16-5-7-18-8-6-16/h1-4,15H,5-10H2,(H2,14,17). The number of morpholine rings is 1. The topological polar surface area (TPSA) is 76.8 Å². The molecular weight excluding hydrogens is 246 g/mol. The maximum absolute atomic E-state index is 10.6. The molecule has 1 aromatic carbocycles. The summed E-state index contributed by atoms with van der Waals surface area (Å²) in [6.07, 6.45) is 0. The van der Waals surface area contributed by atoms with Crippen LogP contribution in [0.25, 0.3) is 0 Å². The summed E-state index contributed by atoms with van der Waals surface area (Å²) in [6.45, 7) is 4.01. The Hall–Kier alpha value is -1.63. The smallest absolute Gasteiger partial charge is 0.255 e. The van der Waals surface area contributed by atoms with E-state index in [0.29, 0.717) is 5.75 Å². The number of hydrazine groups is 1. The second-order valence-electron chi connectivity index (χ2n) is 4.33. The third-order valence-electron chi connectivity index (χ3n) is 2.82. The monoisotopic (exact) mass is 265 g/mol. The predicted octanol–water partition coefficient (Wildman–Crippen LogP) is -0.113. The van der Waals surface area contributed by atoms with Crippen molar-refractivity contribution in [3.05, 3.63) is 29.8 Å². The Kier molecular flexibility index (Phi) is 5.14. The number of carbonyl (C=O) groups is 1. The summed E-state index contributed by atoms with van der Waals surface area (Å²) in [6, 6.07) is 7.59. The number of nitrogens with one attached hydrogen (secondary N) is 1. The molecule has 2 rings (SSSR count). The molecule has 1 aliphatic heterocycles. The van der Waals surface area contributed by atoms with Gasteiger partial charge in [0.2, 0.25) is 0 Å². The number of carbonyl (C=O) groups excluding carboxylic acids is 1. The van der Waals surface area contributed by atoms with E-state index in [1.54, 1.807) is 0 Å². The maximum Gasteiger partial charge on any atom is 0.255 e. The Bertz CT molecular complexity index is 402. The van der Waals surface area contributed by atoms with Crippen LogP contribution in [-0.2, 0) is 16.1 Å². The minimum atomic E-state index is -0.474. The number of hydrogen-bond donors (Lipinski definition) is 2. The van der Waals surface area contributed by atoms with E-state index in [0.717, 1.165) is 38.4 Å². The fourth-order valence-corrected chi connectivity index (χ4v) is 1.78. The van der Waals surface area contributed by atoms with E-state index in [9.17, 15) is 4.79 Å². The molecule has 0 aromatic heterocycles. The molecule has 0 saturated carbocycles. The van der Waals surface area contributed by atoms with Crippen molar-refractivity contribution >= 4 is 5.91 Å². The largest absolute Gasteiger partial charge is 0.484 e. The lowest BCUT2D eigenvalue weighted by atomic mass is 10.2. The normalized spacial score (nSPS) is 16.2. The lowest BCUT2D eigenvalue weighted by Crippen LogP contribution is -2.45. The molecule has 19 heavy (non-hydrogen) atoms. The second kappa shape index (κ2) is 7.08. The number of nitrogens with zero attached hydrogens (tertiary/aromatic N) is 1. The van der Waals surface area contributed by atoms with Gasteiger partial charge in [0.25, 0.3) is 5.91 Å². The van der Waals surface area contributed by atoms with Crippen molar-refractivity contribution in [1.29, 1.82) is 0 Å². The lowest BCUT2D eigenvalue weighted by Gasteiger charge is -2.27. The molecule has 104 valence electrons. The van der Waals surface area contributed by atoms with E-state index in [2.05, 4.69) is 10.4 Å². The van der Waals surface area contributed by atoms with Crippen molar-refractivity contribution in [2.75, 3.05) is 32.9 Å². The van der Waals surface area contributed by atoms with Gasteiger partial charge in [-0.1, -0.05) is 12.1 Å². The average molecular weight is 265 g/mol. The van der Waals surface area contributed by atoms with Gasteiger partial charge in [0, 0.05) is 19.6 Å². The maximum atomic E-state index is 10.6. The fraction of sp³-hybridized carbons (Fsp3) is 0.462. The molecule has 0 atom stereocenters. The molecule has 6 heteroatoms. The molecule has 0 bridgehead atoms. The number of rotatable bonds is 6. The van der Waals surface area contributed by atoms with Crippen LogP contribution in [0.15, 0.2) is 24.3 Å². The zero-order valence-electron chi connectivity index (χ0n) is 10.8. The first-order valence-electron chi connectivity index (χ1n) is 6.30. The van der Waals surface area contributed by atoms with E-state index >= 15 is 0 Å². The van der Waals surface area contributed by atoms with Gasteiger partial charge in [-0.05, 0) is 17.7 Å². The molecule has 0 unspecified atom stereocenters. The summed E-state index contributed by atoms with van der Waals surface area (Å²) < 4.78 is 10.5. The van der Waals surface area contributed by atoms with Crippen LogP contribution < -0.4 is 15.9 Å². The van der Waals surface area contributed by atoms with Gasteiger partial charge in [-0.25, -0.2) is 5.01 Å². The van der Waals surface area contributed by atoms with Crippen LogP contribution in [0.5, 0.6) is 5.75 Å². The third kappa shape index (κ3) is 4.86. The van der Waals surface area contributed by atoms with Crippen molar-refractivity contribution in [2.24, 2.45) is 5.73 Å². The fourth-order valence-electron chi connectivity index (χ4n) is 1.78. The van der Waals surface area contributed by atoms with E-state index in [-0.39, 0.29) is 6.61 Å². The van der Waals surface area contributed by atoms with Gasteiger partial charge in [0.05, 0.1) is 13.2 Å². The Morgan fingerprint density at radius 2 is 2.00 bits per heavy atom. The highest BCUT2D eigenvalue weighted by molar-refractivity contribution is 5.75. The zero-order chi connectivity index (χ0) is 13.5. The molecule has 1 amide bonds. The van der Waals surface area contributed by atoms with Crippen molar-refractivity contribution in [3.63, 3.8) is 0 Å². The minimum Gasteiger partial charge on any atom is -0.484 e. The summed E-state index contributed by atoms with van der Waals surface area (Å²) >= 11 is 0. The molecule has 6 nitrogen and oxygen atoms in total. The molecule has 1 aromatic rings. The van der Waals surface area contributed by atoms with Crippen LogP contribution in [0, 0.1) is 0 Å². The van der Waals surface area contributed by atoms with Gasteiger partial charge in [0.15, 0.2) is 6.61 Å². The first-order valence-corrected chi connectivity index (χ1v) is 6.30. The molecule has 1 heterocycles. The van der Waals surface area contributed by atoms with E-state index in [1.165, 1.54) is 0 Å². The highest BCUT2D eigenvalue weighted by Crippen LogP contribution is 2.12. The number of ether oxygens (including phenoxy) is 2. The van der Waals surface area contributed by atoms with Crippen molar-refractivity contribution in [2.45, 2.75) is 6.54 Å². The van der Waals surface area contributed by atoms with Gasteiger partial charge in [-0.15, -0.1) is 0 Å². The molecule has 1 saturated heterocycles. The van der Waals surface area contributed by atoms with Crippen LogP contribution in [0.1, 0.15) is 5.56 Å². The number of benzene rings is 1. The molecule has 3 N–H and O–H groups in total. The molecule has 1 fully saturated rings. The summed E-state index contributed by atoms with van der Waals surface area (Å²) in [7, 11) is 0. The van der Waals surface area contributed by atoms with Crippen molar-refractivity contribution < 1.29 is 14.3 Å². The van der Waals surface area contributed by atoms with Crippen molar-refractivity contribution in [1.82, 2.24) is 10.4 Å². The summed E-state index contributed by atoms with van der Waals surface area (Å²) in [5.41, 5.74) is 9.51. The van der Waals surface area contributed by atoms with Gasteiger partial charge in [-0.3, -0.25) is 10.2 Å². The number of primary amides is 1.